The summed E-state index contributed by atoms with van der Waals surface area (Å²) in [6.45, 7) is 0. The van der Waals surface area contributed by atoms with Crippen LogP contribution < -0.4 is 11.1 Å². The summed E-state index contributed by atoms with van der Waals surface area (Å²) in [5, 5.41) is 3.55. The standard InChI is InChI=1S/C17H16N2/c1-2-12-4-3-5-15(10-12)19-17-9-6-13-11-14(18)7-8-16(13)17/h1,3-5,7-8,10-11,17,19H,6,9,18H2. The molecule has 1 aliphatic carbocycles. The zero-order valence-electron chi connectivity index (χ0n) is 10.7. The SMILES string of the molecule is C#Cc1cccc(NC2CCc3cc(N)ccc32)c1. The fourth-order valence-electron chi connectivity index (χ4n) is 2.69. The summed E-state index contributed by atoms with van der Waals surface area (Å²) >= 11 is 0. The number of aryl methyl sites for hydroxylation is 1. The van der Waals surface area contributed by atoms with Gasteiger partial charge in [-0.3, -0.25) is 0 Å². The summed E-state index contributed by atoms with van der Waals surface area (Å²) in [6.07, 6.45) is 7.60. The molecule has 2 nitrogen and oxygen atoms in total. The minimum Gasteiger partial charge on any atom is -0.399 e. The number of terminal acetylenes is 1. The number of benzene rings is 2. The van der Waals surface area contributed by atoms with Gasteiger partial charge < -0.3 is 11.1 Å². The highest BCUT2D eigenvalue weighted by Crippen LogP contribution is 2.34. The van der Waals surface area contributed by atoms with Crippen molar-refractivity contribution in [3.8, 4) is 12.3 Å². The van der Waals surface area contributed by atoms with Gasteiger partial charge in [0.1, 0.15) is 0 Å². The molecule has 2 heteroatoms. The first kappa shape index (κ1) is 11.7. The van der Waals surface area contributed by atoms with Crippen molar-refractivity contribution in [2.24, 2.45) is 0 Å². The van der Waals surface area contributed by atoms with E-state index in [0.29, 0.717) is 6.04 Å². The molecule has 1 atom stereocenters. The summed E-state index contributed by atoms with van der Waals surface area (Å²) < 4.78 is 0. The van der Waals surface area contributed by atoms with Crippen molar-refractivity contribution < 1.29 is 0 Å². The molecule has 1 aliphatic rings. The number of hydrogen-bond donors (Lipinski definition) is 2. The molecule has 0 amide bonds. The third-order valence-electron chi connectivity index (χ3n) is 3.61. The molecule has 3 N–H and O–H groups in total. The summed E-state index contributed by atoms with van der Waals surface area (Å²) in [7, 11) is 0. The Bertz CT molecular complexity index is 653. The molecule has 0 saturated carbocycles. The third kappa shape index (κ3) is 2.28. The van der Waals surface area contributed by atoms with E-state index in [-0.39, 0.29) is 0 Å². The van der Waals surface area contributed by atoms with Crippen LogP contribution in [-0.4, -0.2) is 0 Å². The van der Waals surface area contributed by atoms with Gasteiger partial charge in [0.15, 0.2) is 0 Å². The molecular formula is C17H16N2. The Labute approximate surface area is 113 Å². The second-order valence-electron chi connectivity index (χ2n) is 4.92. The maximum absolute atomic E-state index is 5.82. The number of anilines is 2. The van der Waals surface area contributed by atoms with Crippen molar-refractivity contribution in [1.29, 1.82) is 0 Å². The fraction of sp³-hybridized carbons (Fsp3) is 0.176. The van der Waals surface area contributed by atoms with Gasteiger partial charge in [-0.25, -0.2) is 0 Å². The molecule has 0 saturated heterocycles. The molecule has 0 heterocycles. The molecule has 94 valence electrons. The summed E-state index contributed by atoms with van der Waals surface area (Å²) in [6, 6.07) is 14.5. The van der Waals surface area contributed by atoms with Crippen molar-refractivity contribution >= 4 is 11.4 Å². The Kier molecular flexibility index (Phi) is 2.89. The molecule has 0 aromatic heterocycles. The normalized spacial score (nSPS) is 16.7. The van der Waals surface area contributed by atoms with Gasteiger partial charge >= 0.3 is 0 Å². The number of rotatable bonds is 2. The summed E-state index contributed by atoms with van der Waals surface area (Å²) in [5.74, 6) is 2.66. The molecule has 0 fully saturated rings. The second-order valence-corrected chi connectivity index (χ2v) is 4.92. The predicted molar refractivity (Wildman–Crippen MR) is 79.9 cm³/mol. The van der Waals surface area contributed by atoms with E-state index in [1.807, 2.05) is 24.3 Å². The van der Waals surface area contributed by atoms with E-state index < -0.39 is 0 Å². The zero-order chi connectivity index (χ0) is 13.2. The Morgan fingerprint density at radius 1 is 1.21 bits per heavy atom. The smallest absolute Gasteiger partial charge is 0.0519 e. The van der Waals surface area contributed by atoms with E-state index in [2.05, 4.69) is 29.4 Å². The van der Waals surface area contributed by atoms with E-state index in [1.54, 1.807) is 0 Å². The minimum absolute atomic E-state index is 0.351. The summed E-state index contributed by atoms with van der Waals surface area (Å²) in [5.41, 5.74) is 11.3. The summed E-state index contributed by atoms with van der Waals surface area (Å²) in [4.78, 5) is 0. The van der Waals surface area contributed by atoms with Crippen LogP contribution in [0, 0.1) is 12.3 Å². The second kappa shape index (κ2) is 4.70. The van der Waals surface area contributed by atoms with E-state index in [1.165, 1.54) is 11.1 Å². The van der Waals surface area contributed by atoms with Gasteiger partial charge in [-0.2, -0.15) is 0 Å². The highest BCUT2D eigenvalue weighted by Gasteiger charge is 2.22. The Balaban J connectivity index is 1.85. The Morgan fingerprint density at radius 2 is 2.11 bits per heavy atom. The number of fused-ring (bicyclic) bond motifs is 1. The van der Waals surface area contributed by atoms with Crippen LogP contribution in [0.5, 0.6) is 0 Å². The van der Waals surface area contributed by atoms with Gasteiger partial charge in [-0.05, 0) is 54.3 Å². The van der Waals surface area contributed by atoms with E-state index >= 15 is 0 Å². The highest BCUT2D eigenvalue weighted by atomic mass is 14.9. The Morgan fingerprint density at radius 3 is 2.95 bits per heavy atom. The minimum atomic E-state index is 0.351. The van der Waals surface area contributed by atoms with Crippen LogP contribution in [0.3, 0.4) is 0 Å². The van der Waals surface area contributed by atoms with Crippen molar-refractivity contribution in [2.45, 2.75) is 18.9 Å². The van der Waals surface area contributed by atoms with E-state index in [9.17, 15) is 0 Å². The van der Waals surface area contributed by atoms with Gasteiger partial charge in [0, 0.05) is 16.9 Å². The van der Waals surface area contributed by atoms with Crippen molar-refractivity contribution in [3.63, 3.8) is 0 Å². The van der Waals surface area contributed by atoms with Gasteiger partial charge in [0.05, 0.1) is 6.04 Å². The fourth-order valence-corrected chi connectivity index (χ4v) is 2.69. The molecule has 3 rings (SSSR count). The zero-order valence-corrected chi connectivity index (χ0v) is 10.7. The first-order chi connectivity index (χ1) is 9.26. The average molecular weight is 248 g/mol. The molecular weight excluding hydrogens is 232 g/mol. The lowest BCUT2D eigenvalue weighted by Crippen LogP contribution is -2.07. The lowest BCUT2D eigenvalue weighted by atomic mass is 10.1. The van der Waals surface area contributed by atoms with Crippen LogP contribution in [0.25, 0.3) is 0 Å². The maximum Gasteiger partial charge on any atom is 0.0519 e. The largest absolute Gasteiger partial charge is 0.399 e. The number of nitrogen functional groups attached to an aromatic ring is 1. The monoisotopic (exact) mass is 248 g/mol. The van der Waals surface area contributed by atoms with Crippen LogP contribution in [0.15, 0.2) is 42.5 Å². The van der Waals surface area contributed by atoms with Crippen LogP contribution in [0.4, 0.5) is 11.4 Å². The quantitative estimate of drug-likeness (QED) is 0.632. The molecule has 0 spiro atoms. The molecule has 19 heavy (non-hydrogen) atoms. The maximum atomic E-state index is 5.82. The van der Waals surface area contributed by atoms with Crippen molar-refractivity contribution in [1.82, 2.24) is 0 Å². The van der Waals surface area contributed by atoms with Crippen LogP contribution in [0.2, 0.25) is 0 Å². The van der Waals surface area contributed by atoms with Crippen LogP contribution in [-0.2, 0) is 6.42 Å². The van der Waals surface area contributed by atoms with Gasteiger partial charge in [-0.15, -0.1) is 6.42 Å². The first-order valence-electron chi connectivity index (χ1n) is 6.48. The molecule has 0 aliphatic heterocycles. The number of hydrogen-bond acceptors (Lipinski definition) is 2. The highest BCUT2D eigenvalue weighted by molar-refractivity contribution is 5.54. The molecule has 0 bridgehead atoms. The number of nitrogens with one attached hydrogen (secondary N) is 1. The van der Waals surface area contributed by atoms with Gasteiger partial charge in [0.2, 0.25) is 0 Å². The van der Waals surface area contributed by atoms with Crippen LogP contribution in [0.1, 0.15) is 29.2 Å². The third-order valence-corrected chi connectivity index (χ3v) is 3.61. The van der Waals surface area contributed by atoms with Crippen molar-refractivity contribution in [2.75, 3.05) is 11.1 Å². The van der Waals surface area contributed by atoms with E-state index in [0.717, 1.165) is 29.8 Å². The number of nitrogens with two attached hydrogens (primary N) is 1. The van der Waals surface area contributed by atoms with Crippen LogP contribution >= 0.6 is 0 Å². The lowest BCUT2D eigenvalue weighted by molar-refractivity contribution is 0.762. The molecule has 1 unspecified atom stereocenters. The van der Waals surface area contributed by atoms with Gasteiger partial charge in [0.25, 0.3) is 0 Å². The first-order valence-corrected chi connectivity index (χ1v) is 6.48. The molecule has 0 radical (unpaired) electrons. The molecule has 2 aromatic rings. The Hall–Kier alpha value is -2.40. The lowest BCUT2D eigenvalue weighted by Gasteiger charge is -2.16. The van der Waals surface area contributed by atoms with E-state index in [4.69, 9.17) is 12.2 Å². The average Bonchev–Trinajstić information content (AvgIpc) is 2.81. The van der Waals surface area contributed by atoms with Crippen molar-refractivity contribution in [3.05, 3.63) is 59.2 Å². The topological polar surface area (TPSA) is 38.0 Å². The predicted octanol–water partition coefficient (Wildman–Crippen LogP) is 3.35. The van der Waals surface area contributed by atoms with Gasteiger partial charge in [-0.1, -0.05) is 18.1 Å². The molecule has 2 aromatic carbocycles.